The minimum atomic E-state index is -2.64. The van der Waals surface area contributed by atoms with Crippen molar-refractivity contribution >= 4 is 23.2 Å². The molecule has 0 saturated carbocycles. The van der Waals surface area contributed by atoms with Gasteiger partial charge in [0.1, 0.15) is 12.2 Å². The first-order chi connectivity index (χ1) is 8.76. The maximum Gasteiger partial charge on any atom is 0.279 e. The molecule has 1 fully saturated rings. The summed E-state index contributed by atoms with van der Waals surface area (Å²) in [6.45, 7) is 0. The number of ether oxygens (including phenoxy) is 1. The smallest absolute Gasteiger partial charge is 0.279 e. The topological polar surface area (TPSA) is 195 Å². The van der Waals surface area contributed by atoms with Gasteiger partial charge in [-0.15, -0.1) is 0 Å². The largest absolute Gasteiger partial charge is 0.387 e. The van der Waals surface area contributed by atoms with E-state index in [4.69, 9.17) is 16.4 Å². The molecule has 1 amide bonds. The van der Waals surface area contributed by atoms with Crippen LogP contribution in [-0.2, 0) is 9.53 Å². The Bertz CT molecular complexity index is 372. The Hall–Kier alpha value is -1.12. The monoisotopic (exact) mass is 297 g/mol. The van der Waals surface area contributed by atoms with Crippen LogP contribution < -0.4 is 27.9 Å². The molecule has 0 bridgehead atoms. The average Bonchev–Trinajstić information content (AvgIpc) is 2.39. The fraction of sp³-hybridized carbons (Fsp3) is 0.714. The normalized spacial score (nSPS) is 38.4. The lowest BCUT2D eigenvalue weighted by molar-refractivity contribution is -0.345. The maximum atomic E-state index is 11.3. The van der Waals surface area contributed by atoms with Crippen molar-refractivity contribution in [1.82, 2.24) is 16.2 Å². The van der Waals surface area contributed by atoms with Crippen molar-refractivity contribution in [3.8, 4) is 0 Å². The lowest BCUT2D eigenvalue weighted by Crippen LogP contribution is -2.73. The highest BCUT2D eigenvalue weighted by Crippen LogP contribution is 2.26. The number of hydrazine groups is 2. The number of rotatable bonds is 2. The van der Waals surface area contributed by atoms with Gasteiger partial charge in [-0.1, -0.05) is 0 Å². The Labute approximate surface area is 112 Å². The summed E-state index contributed by atoms with van der Waals surface area (Å²) >= 11 is 4.59. The SMILES string of the molecule is NNC(=O)[C@H]1O[C@](O)(NC(=S)NN)[C@H](O)[C@@H](O)[C@@H]1O. The zero-order valence-corrected chi connectivity index (χ0v) is 10.3. The zero-order valence-electron chi connectivity index (χ0n) is 9.48. The van der Waals surface area contributed by atoms with Crippen LogP contribution in [0.1, 0.15) is 0 Å². The van der Waals surface area contributed by atoms with Gasteiger partial charge >= 0.3 is 0 Å². The number of nitrogens with one attached hydrogen (secondary N) is 3. The summed E-state index contributed by atoms with van der Waals surface area (Å²) in [6, 6.07) is 0. The third-order valence-electron chi connectivity index (χ3n) is 2.52. The van der Waals surface area contributed by atoms with Crippen LogP contribution in [0.2, 0.25) is 0 Å². The standard InChI is InChI=1S/C7H15N5O6S/c8-11-5(16)3-1(13)2(14)4(15)7(17,18-3)10-6(19)12-9/h1-4,13-15,17H,8-9H2,(H,11,16)(H2,10,12,19)/t1-,2-,3-,4+,7-/m0/s1. The van der Waals surface area contributed by atoms with Gasteiger partial charge in [-0.2, -0.15) is 0 Å². The molecule has 0 radical (unpaired) electrons. The first-order valence-corrected chi connectivity index (χ1v) is 5.41. The summed E-state index contributed by atoms with van der Waals surface area (Å²) in [5, 5.41) is 40.5. The Morgan fingerprint density at radius 1 is 1.21 bits per heavy atom. The van der Waals surface area contributed by atoms with Crippen LogP contribution in [0.4, 0.5) is 0 Å². The van der Waals surface area contributed by atoms with Gasteiger partial charge in [-0.3, -0.25) is 10.2 Å². The van der Waals surface area contributed by atoms with Crippen LogP contribution in [0.3, 0.4) is 0 Å². The number of hydrogen-bond donors (Lipinski definition) is 9. The van der Waals surface area contributed by atoms with Crippen LogP contribution >= 0.6 is 12.2 Å². The lowest BCUT2D eigenvalue weighted by atomic mass is 9.96. The van der Waals surface area contributed by atoms with Crippen molar-refractivity contribution in [2.45, 2.75) is 30.3 Å². The van der Waals surface area contributed by atoms with Gasteiger partial charge in [0.25, 0.3) is 11.8 Å². The molecule has 110 valence electrons. The van der Waals surface area contributed by atoms with E-state index >= 15 is 0 Å². The van der Waals surface area contributed by atoms with E-state index in [0.717, 1.165) is 0 Å². The summed E-state index contributed by atoms with van der Waals surface area (Å²) in [5.41, 5.74) is 3.62. The number of thiocarbonyl (C=S) groups is 1. The second-order valence-corrected chi connectivity index (χ2v) is 4.18. The third-order valence-corrected chi connectivity index (χ3v) is 2.74. The third kappa shape index (κ3) is 3.07. The van der Waals surface area contributed by atoms with Crippen LogP contribution in [0.15, 0.2) is 0 Å². The summed E-state index contributed by atoms with van der Waals surface area (Å²) in [7, 11) is 0. The minimum Gasteiger partial charge on any atom is -0.387 e. The molecule has 0 aromatic carbocycles. The van der Waals surface area contributed by atoms with E-state index in [9.17, 15) is 25.2 Å². The number of nitrogens with two attached hydrogens (primary N) is 2. The molecule has 11 nitrogen and oxygen atoms in total. The number of aliphatic hydroxyl groups excluding tert-OH is 3. The number of aliphatic hydroxyl groups is 4. The molecule has 0 aromatic heterocycles. The van der Waals surface area contributed by atoms with E-state index in [-0.39, 0.29) is 5.11 Å². The predicted octanol–water partition coefficient (Wildman–Crippen LogP) is -5.56. The molecule has 1 aliphatic rings. The molecule has 0 unspecified atom stereocenters. The second kappa shape index (κ2) is 5.89. The molecule has 0 spiro atoms. The Morgan fingerprint density at radius 2 is 1.79 bits per heavy atom. The van der Waals surface area contributed by atoms with Gasteiger partial charge in [0, 0.05) is 0 Å². The summed E-state index contributed by atoms with van der Waals surface area (Å²) in [4.78, 5) is 11.3. The van der Waals surface area contributed by atoms with Gasteiger partial charge < -0.3 is 35.9 Å². The van der Waals surface area contributed by atoms with Crippen LogP contribution in [0.25, 0.3) is 0 Å². The molecule has 12 heteroatoms. The Morgan fingerprint density at radius 3 is 2.26 bits per heavy atom. The lowest BCUT2D eigenvalue weighted by Gasteiger charge is -2.45. The summed E-state index contributed by atoms with van der Waals surface area (Å²) in [6.07, 6.45) is -7.44. The van der Waals surface area contributed by atoms with Gasteiger partial charge in [0.05, 0.1) is 0 Å². The number of carbonyl (C=O) groups excluding carboxylic acids is 1. The van der Waals surface area contributed by atoms with Crippen molar-refractivity contribution in [2.75, 3.05) is 0 Å². The highest BCUT2D eigenvalue weighted by Gasteiger charge is 2.55. The average molecular weight is 297 g/mol. The summed E-state index contributed by atoms with van der Waals surface area (Å²) in [5.74, 6) is 6.17. The van der Waals surface area contributed by atoms with Crippen LogP contribution in [0.5, 0.6) is 0 Å². The quantitative estimate of drug-likeness (QED) is 0.0774. The van der Waals surface area contributed by atoms with Gasteiger partial charge in [0.2, 0.25) is 0 Å². The summed E-state index contributed by atoms with van der Waals surface area (Å²) < 4.78 is 4.80. The van der Waals surface area contributed by atoms with E-state index in [2.05, 4.69) is 12.2 Å². The maximum absolute atomic E-state index is 11.3. The van der Waals surface area contributed by atoms with E-state index in [0.29, 0.717) is 0 Å². The fourth-order valence-corrected chi connectivity index (χ4v) is 1.67. The fourth-order valence-electron chi connectivity index (χ4n) is 1.52. The second-order valence-electron chi connectivity index (χ2n) is 3.77. The molecular formula is C7H15N5O6S. The van der Waals surface area contributed by atoms with Gasteiger partial charge in [-0.25, -0.2) is 11.7 Å². The van der Waals surface area contributed by atoms with Crippen molar-refractivity contribution in [3.63, 3.8) is 0 Å². The molecule has 0 aromatic rings. The van der Waals surface area contributed by atoms with Crippen molar-refractivity contribution in [3.05, 3.63) is 0 Å². The van der Waals surface area contributed by atoms with Gasteiger partial charge in [-0.05, 0) is 12.2 Å². The molecule has 1 aliphatic heterocycles. The molecule has 1 heterocycles. The molecule has 19 heavy (non-hydrogen) atoms. The van der Waals surface area contributed by atoms with Crippen molar-refractivity contribution in [2.24, 2.45) is 11.7 Å². The molecule has 1 saturated heterocycles. The minimum absolute atomic E-state index is 0.336. The van der Waals surface area contributed by atoms with Crippen molar-refractivity contribution in [1.29, 1.82) is 0 Å². The number of hydrogen-bond acceptors (Lipinski definition) is 9. The van der Waals surface area contributed by atoms with Crippen molar-refractivity contribution < 1.29 is 30.0 Å². The Kier molecular flexibility index (Phi) is 4.94. The van der Waals surface area contributed by atoms with Crippen LogP contribution in [0, 0.1) is 0 Å². The zero-order chi connectivity index (χ0) is 14.8. The van der Waals surface area contributed by atoms with E-state index < -0.39 is 36.2 Å². The molecule has 1 rings (SSSR count). The van der Waals surface area contributed by atoms with E-state index in [1.807, 2.05) is 10.7 Å². The van der Waals surface area contributed by atoms with Gasteiger partial charge in [0.15, 0.2) is 17.3 Å². The molecular weight excluding hydrogens is 282 g/mol. The molecule has 0 aliphatic carbocycles. The first-order valence-electron chi connectivity index (χ1n) is 5.00. The first kappa shape index (κ1) is 15.9. The van der Waals surface area contributed by atoms with E-state index in [1.165, 1.54) is 0 Å². The van der Waals surface area contributed by atoms with Crippen LogP contribution in [-0.4, -0.2) is 61.8 Å². The predicted molar refractivity (Wildman–Crippen MR) is 63.2 cm³/mol. The Balaban J connectivity index is 2.98. The number of carbonyl (C=O) groups is 1. The highest BCUT2D eigenvalue weighted by atomic mass is 32.1. The number of amides is 1. The van der Waals surface area contributed by atoms with E-state index in [1.54, 1.807) is 5.43 Å². The molecule has 11 N–H and O–H groups in total. The highest BCUT2D eigenvalue weighted by molar-refractivity contribution is 7.80. The molecule has 5 atom stereocenters.